The molecule has 0 aromatic heterocycles. The predicted octanol–water partition coefficient (Wildman–Crippen LogP) is 4.14. The summed E-state index contributed by atoms with van der Waals surface area (Å²) in [6, 6.07) is 21.5. The zero-order chi connectivity index (χ0) is 20.2. The Hall–Kier alpha value is -3.45. The SMILES string of the molecule is O=C(COc1ccccc1O)OCC(=O)N1c2ccccc2Sc2ccccc21. The summed E-state index contributed by atoms with van der Waals surface area (Å²) in [6.45, 7) is -0.829. The Labute approximate surface area is 171 Å². The average molecular weight is 407 g/mol. The molecule has 146 valence electrons. The van der Waals surface area contributed by atoms with Crippen molar-refractivity contribution < 1.29 is 24.2 Å². The highest BCUT2D eigenvalue weighted by Gasteiger charge is 2.28. The molecule has 0 unspecified atom stereocenters. The summed E-state index contributed by atoms with van der Waals surface area (Å²) in [5.41, 5.74) is 1.51. The van der Waals surface area contributed by atoms with E-state index in [4.69, 9.17) is 9.47 Å². The highest BCUT2D eigenvalue weighted by Crippen LogP contribution is 2.47. The second-order valence-corrected chi connectivity index (χ2v) is 7.27. The molecule has 29 heavy (non-hydrogen) atoms. The minimum absolute atomic E-state index is 0.0737. The van der Waals surface area contributed by atoms with Gasteiger partial charge in [-0.15, -0.1) is 0 Å². The maximum absolute atomic E-state index is 12.9. The number of carbonyl (C=O) groups is 2. The van der Waals surface area contributed by atoms with E-state index in [9.17, 15) is 14.7 Å². The third-order valence-corrected chi connectivity index (χ3v) is 5.38. The van der Waals surface area contributed by atoms with Crippen molar-refractivity contribution in [1.29, 1.82) is 0 Å². The summed E-state index contributed by atoms with van der Waals surface area (Å²) in [5.74, 6) is -0.960. The van der Waals surface area contributed by atoms with E-state index >= 15 is 0 Å². The number of amides is 1. The van der Waals surface area contributed by atoms with Crippen molar-refractivity contribution >= 4 is 35.0 Å². The molecule has 0 saturated heterocycles. The van der Waals surface area contributed by atoms with Crippen molar-refractivity contribution in [1.82, 2.24) is 0 Å². The van der Waals surface area contributed by atoms with Crippen LogP contribution in [0.2, 0.25) is 0 Å². The molecule has 0 radical (unpaired) electrons. The fourth-order valence-corrected chi connectivity index (χ4v) is 4.00. The Morgan fingerprint density at radius 3 is 2.07 bits per heavy atom. The Balaban J connectivity index is 1.44. The number of fused-ring (bicyclic) bond motifs is 2. The minimum atomic E-state index is -0.699. The van der Waals surface area contributed by atoms with Crippen LogP contribution in [0.1, 0.15) is 0 Å². The molecular formula is C22H17NO5S. The van der Waals surface area contributed by atoms with Crippen LogP contribution in [0.3, 0.4) is 0 Å². The molecule has 1 aliphatic heterocycles. The first kappa shape index (κ1) is 18.9. The van der Waals surface area contributed by atoms with Crippen LogP contribution in [0.15, 0.2) is 82.6 Å². The molecule has 7 heteroatoms. The molecule has 3 aromatic carbocycles. The van der Waals surface area contributed by atoms with Gasteiger partial charge in [-0.05, 0) is 36.4 Å². The largest absolute Gasteiger partial charge is 0.504 e. The number of hydrogen-bond donors (Lipinski definition) is 1. The van der Waals surface area contributed by atoms with Crippen LogP contribution < -0.4 is 9.64 Å². The molecule has 6 nitrogen and oxygen atoms in total. The molecule has 0 fully saturated rings. The molecule has 1 N–H and O–H groups in total. The van der Waals surface area contributed by atoms with Crippen LogP contribution in [-0.2, 0) is 14.3 Å². The van der Waals surface area contributed by atoms with E-state index in [0.717, 1.165) is 21.2 Å². The molecule has 0 spiro atoms. The van der Waals surface area contributed by atoms with Crippen LogP contribution in [0.5, 0.6) is 11.5 Å². The summed E-state index contributed by atoms with van der Waals surface area (Å²) in [5, 5.41) is 9.66. The maximum atomic E-state index is 12.9. The standard InChI is InChI=1S/C22H17NO5S/c24-17-9-3-4-10-18(17)27-14-22(26)28-13-21(25)23-15-7-1-5-11-19(15)29-20-12-6-2-8-16(20)23/h1-12,24H,13-14H2. The van der Waals surface area contributed by atoms with E-state index in [-0.39, 0.29) is 17.4 Å². The van der Waals surface area contributed by atoms with Gasteiger partial charge in [-0.3, -0.25) is 9.69 Å². The van der Waals surface area contributed by atoms with Gasteiger partial charge >= 0.3 is 5.97 Å². The lowest BCUT2D eigenvalue weighted by atomic mass is 10.2. The smallest absolute Gasteiger partial charge is 0.344 e. The van der Waals surface area contributed by atoms with Gasteiger partial charge in [0, 0.05) is 9.79 Å². The summed E-state index contributed by atoms with van der Waals surface area (Å²) in [6.07, 6.45) is 0. The van der Waals surface area contributed by atoms with Gasteiger partial charge in [0.2, 0.25) is 0 Å². The van der Waals surface area contributed by atoms with Gasteiger partial charge in [0.15, 0.2) is 24.7 Å². The monoisotopic (exact) mass is 407 g/mol. The lowest BCUT2D eigenvalue weighted by Crippen LogP contribution is -2.33. The van der Waals surface area contributed by atoms with Gasteiger partial charge in [-0.2, -0.15) is 0 Å². The number of benzene rings is 3. The predicted molar refractivity (Wildman–Crippen MR) is 109 cm³/mol. The number of phenols is 1. The zero-order valence-corrected chi connectivity index (χ0v) is 16.1. The topological polar surface area (TPSA) is 76.1 Å². The van der Waals surface area contributed by atoms with Crippen molar-refractivity contribution in [2.45, 2.75) is 9.79 Å². The Morgan fingerprint density at radius 1 is 0.828 bits per heavy atom. The van der Waals surface area contributed by atoms with Crippen LogP contribution in [0.25, 0.3) is 0 Å². The molecular weight excluding hydrogens is 390 g/mol. The molecule has 0 atom stereocenters. The molecule has 0 bridgehead atoms. The number of hydrogen-bond acceptors (Lipinski definition) is 6. The zero-order valence-electron chi connectivity index (χ0n) is 15.3. The second kappa shape index (κ2) is 8.28. The van der Waals surface area contributed by atoms with Crippen LogP contribution >= 0.6 is 11.8 Å². The number of aromatic hydroxyl groups is 1. The van der Waals surface area contributed by atoms with E-state index in [1.165, 1.54) is 12.1 Å². The summed E-state index contributed by atoms with van der Waals surface area (Å²) < 4.78 is 10.3. The number of phenolic OH excluding ortho intramolecular Hbond substituents is 1. The molecule has 0 aliphatic carbocycles. The van der Waals surface area contributed by atoms with Crippen molar-refractivity contribution in [2.24, 2.45) is 0 Å². The Morgan fingerprint density at radius 2 is 1.41 bits per heavy atom. The number of rotatable bonds is 5. The number of para-hydroxylation sites is 4. The van der Waals surface area contributed by atoms with Gasteiger partial charge in [0.25, 0.3) is 5.91 Å². The molecule has 1 heterocycles. The van der Waals surface area contributed by atoms with Crippen molar-refractivity contribution in [2.75, 3.05) is 18.1 Å². The Kier molecular flexibility index (Phi) is 5.39. The highest BCUT2D eigenvalue weighted by atomic mass is 32.2. The second-order valence-electron chi connectivity index (χ2n) is 6.18. The number of carbonyl (C=O) groups excluding carboxylic acids is 2. The van der Waals surface area contributed by atoms with E-state index in [1.54, 1.807) is 28.8 Å². The molecule has 1 amide bonds. The van der Waals surface area contributed by atoms with Gasteiger partial charge in [-0.25, -0.2) is 4.79 Å². The normalized spacial score (nSPS) is 11.9. The van der Waals surface area contributed by atoms with Gasteiger partial charge in [0.1, 0.15) is 0 Å². The highest BCUT2D eigenvalue weighted by molar-refractivity contribution is 7.99. The summed E-state index contributed by atoms with van der Waals surface area (Å²) >= 11 is 1.59. The fraction of sp³-hybridized carbons (Fsp3) is 0.0909. The van der Waals surface area contributed by atoms with Crippen molar-refractivity contribution in [3.8, 4) is 11.5 Å². The van der Waals surface area contributed by atoms with E-state index in [2.05, 4.69) is 0 Å². The summed E-state index contributed by atoms with van der Waals surface area (Å²) in [4.78, 5) is 28.4. The van der Waals surface area contributed by atoms with Gasteiger partial charge < -0.3 is 14.6 Å². The fourth-order valence-electron chi connectivity index (χ4n) is 2.94. The van der Waals surface area contributed by atoms with E-state index in [0.29, 0.717) is 0 Å². The van der Waals surface area contributed by atoms with Gasteiger partial charge in [0.05, 0.1) is 11.4 Å². The molecule has 0 saturated carbocycles. The van der Waals surface area contributed by atoms with Crippen molar-refractivity contribution in [3.05, 3.63) is 72.8 Å². The third-order valence-electron chi connectivity index (χ3n) is 4.25. The summed E-state index contributed by atoms with van der Waals surface area (Å²) in [7, 11) is 0. The third kappa shape index (κ3) is 4.05. The average Bonchev–Trinajstić information content (AvgIpc) is 2.75. The lowest BCUT2D eigenvalue weighted by Gasteiger charge is -2.30. The Bertz CT molecular complexity index is 1020. The van der Waals surface area contributed by atoms with Crippen molar-refractivity contribution in [3.63, 3.8) is 0 Å². The number of nitrogens with zero attached hydrogens (tertiary/aromatic N) is 1. The number of ether oxygens (including phenoxy) is 2. The van der Waals surface area contributed by atoms with Crippen LogP contribution in [0.4, 0.5) is 11.4 Å². The molecule has 4 rings (SSSR count). The molecule has 3 aromatic rings. The van der Waals surface area contributed by atoms with E-state index < -0.39 is 19.2 Å². The first-order chi connectivity index (χ1) is 14.1. The first-order valence-corrected chi connectivity index (χ1v) is 9.70. The minimum Gasteiger partial charge on any atom is -0.504 e. The number of anilines is 2. The maximum Gasteiger partial charge on any atom is 0.344 e. The van der Waals surface area contributed by atoms with E-state index in [1.807, 2.05) is 48.5 Å². The van der Waals surface area contributed by atoms with Crippen LogP contribution in [-0.4, -0.2) is 30.2 Å². The number of esters is 1. The first-order valence-electron chi connectivity index (χ1n) is 8.89. The quantitative estimate of drug-likeness (QED) is 0.641. The lowest BCUT2D eigenvalue weighted by molar-refractivity contribution is -0.149. The van der Waals surface area contributed by atoms with Gasteiger partial charge in [-0.1, -0.05) is 48.2 Å². The van der Waals surface area contributed by atoms with Crippen LogP contribution in [0, 0.1) is 0 Å². The molecule has 1 aliphatic rings.